The molecule has 178 valence electrons. The minimum Gasteiger partial charge on any atom is -0.492 e. The Morgan fingerprint density at radius 1 is 1.06 bits per heavy atom. The summed E-state index contributed by atoms with van der Waals surface area (Å²) in [5, 5.41) is 2.87. The zero-order valence-electron chi connectivity index (χ0n) is 19.5. The predicted octanol–water partition coefficient (Wildman–Crippen LogP) is 4.31. The first-order chi connectivity index (χ1) is 17.0. The van der Waals surface area contributed by atoms with Crippen molar-refractivity contribution in [3.05, 3.63) is 83.9 Å². The number of para-hydroxylation sites is 3. The van der Waals surface area contributed by atoms with Gasteiger partial charge in [-0.1, -0.05) is 42.5 Å². The maximum Gasteiger partial charge on any atom is 0.269 e. The number of benzene rings is 3. The Labute approximate surface area is 208 Å². The van der Waals surface area contributed by atoms with Crippen molar-refractivity contribution >= 4 is 46.5 Å². The highest BCUT2D eigenvalue weighted by Crippen LogP contribution is 2.55. The number of fused-ring (bicyclic) bond motifs is 2. The van der Waals surface area contributed by atoms with Crippen LogP contribution in [0.15, 0.2) is 72.8 Å². The molecule has 0 saturated carbocycles. The van der Waals surface area contributed by atoms with E-state index in [1.807, 2.05) is 74.5 Å². The summed E-state index contributed by atoms with van der Waals surface area (Å²) in [6.07, 6.45) is 0. The molecule has 1 unspecified atom stereocenters. The summed E-state index contributed by atoms with van der Waals surface area (Å²) in [7, 11) is 0. The fourth-order valence-corrected chi connectivity index (χ4v) is 6.02. The van der Waals surface area contributed by atoms with Crippen molar-refractivity contribution in [3.8, 4) is 5.75 Å². The average molecular weight is 488 g/mol. The highest BCUT2D eigenvalue weighted by Gasteiger charge is 2.61. The summed E-state index contributed by atoms with van der Waals surface area (Å²) in [4.78, 5) is 42.1. The molecule has 2 aliphatic heterocycles. The molecule has 2 heterocycles. The molecule has 1 N–H and O–H groups in total. The number of aryl methyl sites for hydroxylation is 1. The van der Waals surface area contributed by atoms with Gasteiger partial charge in [0.2, 0.25) is 16.7 Å². The van der Waals surface area contributed by atoms with E-state index in [0.717, 1.165) is 5.56 Å². The molecule has 1 saturated heterocycles. The summed E-state index contributed by atoms with van der Waals surface area (Å²) in [5.41, 5.74) is 3.54. The lowest BCUT2D eigenvalue weighted by molar-refractivity contribution is -0.124. The molecular formula is C27H25N3O4S. The number of ether oxygens (including phenoxy) is 1. The molecule has 7 nitrogen and oxygen atoms in total. The van der Waals surface area contributed by atoms with Crippen LogP contribution < -0.4 is 19.9 Å². The number of thioether (sulfide) groups is 1. The number of amides is 3. The van der Waals surface area contributed by atoms with Crippen LogP contribution in [0, 0.1) is 6.92 Å². The van der Waals surface area contributed by atoms with E-state index in [9.17, 15) is 14.4 Å². The van der Waals surface area contributed by atoms with Crippen LogP contribution >= 0.6 is 11.8 Å². The average Bonchev–Trinajstić information content (AvgIpc) is 3.31. The van der Waals surface area contributed by atoms with Crippen molar-refractivity contribution in [3.63, 3.8) is 0 Å². The largest absolute Gasteiger partial charge is 0.492 e. The maximum absolute atomic E-state index is 14.1. The van der Waals surface area contributed by atoms with Gasteiger partial charge in [0.1, 0.15) is 12.3 Å². The van der Waals surface area contributed by atoms with E-state index in [1.165, 1.54) is 16.7 Å². The molecule has 5 rings (SSSR count). The molecule has 1 atom stereocenters. The molecule has 8 heteroatoms. The van der Waals surface area contributed by atoms with Crippen LogP contribution in [-0.2, 0) is 19.3 Å². The zero-order valence-corrected chi connectivity index (χ0v) is 20.3. The third-order valence-corrected chi connectivity index (χ3v) is 7.47. The van der Waals surface area contributed by atoms with Crippen molar-refractivity contribution in [1.29, 1.82) is 0 Å². The predicted molar refractivity (Wildman–Crippen MR) is 138 cm³/mol. The lowest BCUT2D eigenvalue weighted by Crippen LogP contribution is -2.50. The molecule has 2 aliphatic rings. The van der Waals surface area contributed by atoms with Crippen LogP contribution in [0.1, 0.15) is 18.1 Å². The number of nitrogens with zero attached hydrogens (tertiary/aromatic N) is 2. The number of rotatable bonds is 6. The van der Waals surface area contributed by atoms with Crippen molar-refractivity contribution in [1.82, 2.24) is 0 Å². The highest BCUT2D eigenvalue weighted by atomic mass is 32.2. The lowest BCUT2D eigenvalue weighted by atomic mass is 10.0. The molecule has 1 fully saturated rings. The van der Waals surface area contributed by atoms with Gasteiger partial charge in [0.05, 0.1) is 23.7 Å². The fourth-order valence-electron chi connectivity index (χ4n) is 4.66. The maximum atomic E-state index is 14.1. The summed E-state index contributed by atoms with van der Waals surface area (Å²) in [6.45, 7) is 4.10. The third-order valence-electron chi connectivity index (χ3n) is 6.09. The van der Waals surface area contributed by atoms with Crippen LogP contribution in [-0.4, -0.2) is 36.6 Å². The van der Waals surface area contributed by atoms with Gasteiger partial charge in [-0.05, 0) is 49.7 Å². The molecule has 1 spiro atoms. The molecular weight excluding hydrogens is 462 g/mol. The van der Waals surface area contributed by atoms with E-state index < -0.39 is 4.87 Å². The van der Waals surface area contributed by atoms with Crippen molar-refractivity contribution in [2.45, 2.75) is 18.7 Å². The first kappa shape index (κ1) is 23.0. The van der Waals surface area contributed by atoms with Gasteiger partial charge >= 0.3 is 0 Å². The Morgan fingerprint density at radius 3 is 2.63 bits per heavy atom. The molecule has 0 bridgehead atoms. The Balaban J connectivity index is 1.49. The molecule has 0 aliphatic carbocycles. The number of hydrogen-bond acceptors (Lipinski definition) is 5. The fraction of sp³-hybridized carbons (Fsp3) is 0.222. The van der Waals surface area contributed by atoms with Gasteiger partial charge in [-0.2, -0.15) is 0 Å². The minimum atomic E-state index is -1.25. The molecule has 0 radical (unpaired) electrons. The smallest absolute Gasteiger partial charge is 0.269 e. The Morgan fingerprint density at radius 2 is 1.83 bits per heavy atom. The zero-order chi connectivity index (χ0) is 24.6. The van der Waals surface area contributed by atoms with Crippen molar-refractivity contribution in [2.24, 2.45) is 0 Å². The number of carbonyl (C=O) groups excluding carboxylic acids is 3. The quantitative estimate of drug-likeness (QED) is 0.561. The second-order valence-corrected chi connectivity index (χ2v) is 9.55. The van der Waals surface area contributed by atoms with Crippen LogP contribution in [0.4, 0.5) is 17.1 Å². The summed E-state index contributed by atoms with van der Waals surface area (Å²) >= 11 is 1.30. The Bertz CT molecular complexity index is 1330. The molecule has 3 aromatic carbocycles. The van der Waals surface area contributed by atoms with Gasteiger partial charge in [-0.3, -0.25) is 24.2 Å². The normalized spacial score (nSPS) is 18.8. The second-order valence-electron chi connectivity index (χ2n) is 8.39. The number of hydrogen-bond donors (Lipinski definition) is 1. The monoisotopic (exact) mass is 487 g/mol. The van der Waals surface area contributed by atoms with E-state index in [2.05, 4.69) is 5.32 Å². The number of anilines is 3. The van der Waals surface area contributed by atoms with Crippen LogP contribution in [0.2, 0.25) is 0 Å². The van der Waals surface area contributed by atoms with E-state index >= 15 is 0 Å². The SMILES string of the molecule is CCOc1ccccc1NC(=O)CN1C(=O)C2(SCC(=O)N2c2cccc(C)c2)c2ccccc21. The molecule has 3 amide bonds. The van der Waals surface area contributed by atoms with Gasteiger partial charge in [0.25, 0.3) is 5.91 Å². The first-order valence-corrected chi connectivity index (χ1v) is 12.4. The van der Waals surface area contributed by atoms with E-state index in [4.69, 9.17) is 4.74 Å². The summed E-state index contributed by atoms with van der Waals surface area (Å²) in [6, 6.07) is 22.1. The number of carbonyl (C=O) groups is 3. The van der Waals surface area contributed by atoms with Gasteiger partial charge in [0.15, 0.2) is 0 Å². The van der Waals surface area contributed by atoms with Crippen LogP contribution in [0.3, 0.4) is 0 Å². The molecule has 0 aromatic heterocycles. The summed E-state index contributed by atoms with van der Waals surface area (Å²) < 4.78 is 5.60. The Kier molecular flexibility index (Phi) is 5.98. The highest BCUT2D eigenvalue weighted by molar-refractivity contribution is 8.02. The Hall–Kier alpha value is -3.78. The molecule has 35 heavy (non-hydrogen) atoms. The third kappa shape index (κ3) is 3.83. The van der Waals surface area contributed by atoms with Crippen LogP contribution in [0.25, 0.3) is 0 Å². The van der Waals surface area contributed by atoms with Gasteiger partial charge in [-0.15, -0.1) is 11.8 Å². The number of nitrogens with one attached hydrogen (secondary N) is 1. The topological polar surface area (TPSA) is 79.0 Å². The van der Waals surface area contributed by atoms with Gasteiger partial charge in [-0.25, -0.2) is 0 Å². The van der Waals surface area contributed by atoms with E-state index in [0.29, 0.717) is 35.0 Å². The van der Waals surface area contributed by atoms with E-state index in [1.54, 1.807) is 17.0 Å². The standard InChI is InChI=1S/C27H25N3O4S/c1-3-34-23-14-7-5-12-21(23)28-24(31)16-29-22-13-6-4-11-20(22)27(26(29)33)30(25(32)17-35-27)19-10-8-9-18(2)15-19/h4-15H,3,16-17H2,1-2H3,(H,28,31). The second kappa shape index (κ2) is 9.11. The van der Waals surface area contributed by atoms with Crippen molar-refractivity contribution in [2.75, 3.05) is 34.0 Å². The van der Waals surface area contributed by atoms with E-state index in [-0.39, 0.29) is 30.0 Å². The summed E-state index contributed by atoms with van der Waals surface area (Å²) in [5.74, 6) is -0.0511. The van der Waals surface area contributed by atoms with Crippen molar-refractivity contribution < 1.29 is 19.1 Å². The van der Waals surface area contributed by atoms with Gasteiger partial charge in [0, 0.05) is 11.3 Å². The molecule has 3 aromatic rings. The first-order valence-electron chi connectivity index (χ1n) is 11.4. The van der Waals surface area contributed by atoms with Crippen LogP contribution in [0.5, 0.6) is 5.75 Å². The van der Waals surface area contributed by atoms with Gasteiger partial charge < -0.3 is 10.1 Å². The lowest BCUT2D eigenvalue weighted by Gasteiger charge is -2.33. The minimum absolute atomic E-state index is 0.138.